The number of carbonyl (C=O) groups excluding carboxylic acids is 2. The van der Waals surface area contributed by atoms with Crippen molar-refractivity contribution in [1.29, 1.82) is 0 Å². The van der Waals surface area contributed by atoms with Crippen LogP contribution >= 0.6 is 15.9 Å². The first-order valence-electron chi connectivity index (χ1n) is 5.57. The van der Waals surface area contributed by atoms with Crippen LogP contribution in [0.2, 0.25) is 0 Å². The first-order chi connectivity index (χ1) is 9.25. The number of hydrogen-bond donors (Lipinski definition) is 2. The lowest BCUT2D eigenvalue weighted by Gasteiger charge is -2.22. The molecule has 2 N–H and O–H groups in total. The Hall–Kier alpha value is -1.96. The molecule has 1 atom stereocenters. The van der Waals surface area contributed by atoms with Crippen LogP contribution in [0, 0.1) is 5.82 Å². The molecule has 1 aliphatic rings. The summed E-state index contributed by atoms with van der Waals surface area (Å²) in [6.45, 7) is 0.569. The predicted molar refractivity (Wildman–Crippen MR) is 69.3 cm³/mol. The maximum absolute atomic E-state index is 14.0. The number of carbonyl (C=O) groups is 3. The normalized spacial score (nSPS) is 22.1. The number of benzene rings is 1. The standard InChI is InChI=1S/C12H10BrFN2O4/c1-12(7-3-2-6(13)4-8(7)14)10(19)16(5-9(17)18)11(20)15-12/h2-4H,5H2,1H3,(H,15,20)(H,17,18). The molecule has 1 aromatic carbocycles. The van der Waals surface area contributed by atoms with Gasteiger partial charge >= 0.3 is 12.0 Å². The zero-order valence-corrected chi connectivity index (χ0v) is 11.9. The maximum atomic E-state index is 14.0. The van der Waals surface area contributed by atoms with Crippen LogP contribution in [-0.4, -0.2) is 34.5 Å². The van der Waals surface area contributed by atoms with Gasteiger partial charge in [0.1, 0.15) is 17.9 Å². The van der Waals surface area contributed by atoms with Gasteiger partial charge in [-0.2, -0.15) is 0 Å². The van der Waals surface area contributed by atoms with Crippen molar-refractivity contribution in [3.63, 3.8) is 0 Å². The van der Waals surface area contributed by atoms with Gasteiger partial charge in [-0.25, -0.2) is 9.18 Å². The molecule has 0 radical (unpaired) electrons. The van der Waals surface area contributed by atoms with E-state index in [0.717, 1.165) is 0 Å². The fourth-order valence-corrected chi connectivity index (χ4v) is 2.39. The Labute approximate surface area is 121 Å². The molecule has 1 saturated heterocycles. The van der Waals surface area contributed by atoms with E-state index in [-0.39, 0.29) is 5.56 Å². The minimum absolute atomic E-state index is 0.0214. The summed E-state index contributed by atoms with van der Waals surface area (Å²) in [6.07, 6.45) is 0. The predicted octanol–water partition coefficient (Wildman–Crippen LogP) is 1.44. The second-order valence-electron chi connectivity index (χ2n) is 4.46. The number of amides is 3. The average molecular weight is 345 g/mol. The van der Waals surface area contributed by atoms with Crippen molar-refractivity contribution >= 4 is 33.8 Å². The van der Waals surface area contributed by atoms with Crippen LogP contribution in [0.4, 0.5) is 9.18 Å². The highest BCUT2D eigenvalue weighted by atomic mass is 79.9. The second kappa shape index (κ2) is 4.86. The van der Waals surface area contributed by atoms with E-state index in [1.54, 1.807) is 0 Å². The zero-order chi connectivity index (χ0) is 15.1. The molecule has 8 heteroatoms. The molecule has 6 nitrogen and oxygen atoms in total. The monoisotopic (exact) mass is 344 g/mol. The first kappa shape index (κ1) is 14.4. The van der Waals surface area contributed by atoms with E-state index in [1.807, 2.05) is 0 Å². The van der Waals surface area contributed by atoms with E-state index in [0.29, 0.717) is 9.37 Å². The highest BCUT2D eigenvalue weighted by Gasteiger charge is 2.50. The van der Waals surface area contributed by atoms with E-state index in [1.165, 1.54) is 25.1 Å². The van der Waals surface area contributed by atoms with Crippen LogP contribution < -0.4 is 5.32 Å². The van der Waals surface area contributed by atoms with Gasteiger partial charge in [-0.3, -0.25) is 14.5 Å². The molecule has 0 spiro atoms. The van der Waals surface area contributed by atoms with Gasteiger partial charge in [-0.1, -0.05) is 22.0 Å². The molecule has 20 heavy (non-hydrogen) atoms. The van der Waals surface area contributed by atoms with E-state index in [2.05, 4.69) is 21.2 Å². The van der Waals surface area contributed by atoms with Crippen molar-refractivity contribution in [2.45, 2.75) is 12.5 Å². The minimum Gasteiger partial charge on any atom is -0.480 e. The molecule has 1 heterocycles. The number of urea groups is 1. The third-order valence-corrected chi connectivity index (χ3v) is 3.53. The molecule has 0 saturated carbocycles. The zero-order valence-electron chi connectivity index (χ0n) is 10.3. The van der Waals surface area contributed by atoms with Gasteiger partial charge in [0.25, 0.3) is 5.91 Å². The number of aliphatic carboxylic acids is 1. The Morgan fingerprint density at radius 2 is 2.15 bits per heavy atom. The Morgan fingerprint density at radius 1 is 1.50 bits per heavy atom. The number of rotatable bonds is 3. The molecule has 3 amide bonds. The molecule has 2 rings (SSSR count). The Kier molecular flexibility index (Phi) is 3.51. The number of nitrogens with one attached hydrogen (secondary N) is 1. The fraction of sp³-hybridized carbons (Fsp3) is 0.250. The molecular weight excluding hydrogens is 335 g/mol. The first-order valence-corrected chi connectivity index (χ1v) is 6.36. The maximum Gasteiger partial charge on any atom is 0.325 e. The van der Waals surface area contributed by atoms with Crippen LogP contribution in [0.1, 0.15) is 12.5 Å². The lowest BCUT2D eigenvalue weighted by Crippen LogP contribution is -2.42. The third kappa shape index (κ3) is 2.26. The van der Waals surface area contributed by atoms with Crippen LogP contribution in [0.3, 0.4) is 0 Å². The quantitative estimate of drug-likeness (QED) is 0.812. The van der Waals surface area contributed by atoms with E-state index < -0.39 is 35.8 Å². The summed E-state index contributed by atoms with van der Waals surface area (Å²) in [4.78, 5) is 35.1. The molecule has 106 valence electrons. The minimum atomic E-state index is -1.61. The molecule has 1 fully saturated rings. The van der Waals surface area contributed by atoms with Gasteiger partial charge in [-0.05, 0) is 19.1 Å². The van der Waals surface area contributed by atoms with Crippen molar-refractivity contribution < 1.29 is 23.9 Å². The van der Waals surface area contributed by atoms with Crippen LogP contribution in [-0.2, 0) is 15.1 Å². The van der Waals surface area contributed by atoms with Gasteiger partial charge < -0.3 is 10.4 Å². The molecule has 0 bridgehead atoms. The Morgan fingerprint density at radius 3 is 2.70 bits per heavy atom. The number of carboxylic acid groups (broad SMARTS) is 1. The van der Waals surface area contributed by atoms with Crippen LogP contribution in [0.15, 0.2) is 22.7 Å². The van der Waals surface area contributed by atoms with Gasteiger partial charge in [0.05, 0.1) is 0 Å². The number of hydrogen-bond acceptors (Lipinski definition) is 3. The van der Waals surface area contributed by atoms with E-state index >= 15 is 0 Å². The molecule has 1 aromatic rings. The summed E-state index contributed by atoms with van der Waals surface area (Å²) >= 11 is 3.09. The Balaban J connectivity index is 2.43. The van der Waals surface area contributed by atoms with Gasteiger partial charge in [0.15, 0.2) is 0 Å². The van der Waals surface area contributed by atoms with E-state index in [4.69, 9.17) is 5.11 Å². The van der Waals surface area contributed by atoms with Crippen molar-refractivity contribution in [2.75, 3.05) is 6.54 Å². The fourth-order valence-electron chi connectivity index (χ4n) is 2.05. The van der Waals surface area contributed by atoms with Crippen molar-refractivity contribution in [1.82, 2.24) is 10.2 Å². The SMILES string of the molecule is CC1(c2ccc(Br)cc2F)NC(=O)N(CC(=O)O)C1=O. The summed E-state index contributed by atoms with van der Waals surface area (Å²) in [7, 11) is 0. The largest absolute Gasteiger partial charge is 0.480 e. The summed E-state index contributed by atoms with van der Waals surface area (Å²) in [5.74, 6) is -2.80. The molecule has 1 unspecified atom stereocenters. The van der Waals surface area contributed by atoms with Crippen LogP contribution in [0.25, 0.3) is 0 Å². The smallest absolute Gasteiger partial charge is 0.325 e. The highest BCUT2D eigenvalue weighted by Crippen LogP contribution is 2.31. The second-order valence-corrected chi connectivity index (χ2v) is 5.38. The van der Waals surface area contributed by atoms with Crippen molar-refractivity contribution in [3.05, 3.63) is 34.1 Å². The number of nitrogens with zero attached hydrogens (tertiary/aromatic N) is 1. The van der Waals surface area contributed by atoms with E-state index in [9.17, 15) is 18.8 Å². The topological polar surface area (TPSA) is 86.7 Å². The summed E-state index contributed by atoms with van der Waals surface area (Å²) in [5, 5.41) is 11.0. The number of carboxylic acids is 1. The molecule has 0 aliphatic carbocycles. The van der Waals surface area contributed by atoms with Crippen LogP contribution in [0.5, 0.6) is 0 Å². The summed E-state index contributed by atoms with van der Waals surface area (Å²) in [6, 6.07) is 3.20. The van der Waals surface area contributed by atoms with Crippen molar-refractivity contribution in [2.24, 2.45) is 0 Å². The third-order valence-electron chi connectivity index (χ3n) is 3.04. The van der Waals surface area contributed by atoms with Gasteiger partial charge in [0, 0.05) is 10.0 Å². The van der Waals surface area contributed by atoms with Gasteiger partial charge in [-0.15, -0.1) is 0 Å². The summed E-state index contributed by atoms with van der Waals surface area (Å²) < 4.78 is 14.5. The number of imide groups is 1. The highest BCUT2D eigenvalue weighted by molar-refractivity contribution is 9.10. The average Bonchev–Trinajstić information content (AvgIpc) is 2.53. The summed E-state index contributed by atoms with van der Waals surface area (Å²) in [5.41, 5.74) is -1.64. The lowest BCUT2D eigenvalue weighted by atomic mass is 9.91. The van der Waals surface area contributed by atoms with Crippen molar-refractivity contribution in [3.8, 4) is 0 Å². The lowest BCUT2D eigenvalue weighted by molar-refractivity contribution is -0.142. The molecule has 1 aliphatic heterocycles. The molecular formula is C12H10BrFN2O4. The number of halogens is 2. The van der Waals surface area contributed by atoms with Gasteiger partial charge in [0.2, 0.25) is 0 Å². The molecule has 0 aromatic heterocycles. The Bertz CT molecular complexity index is 621.